The second-order valence-electron chi connectivity index (χ2n) is 6.92. The van der Waals surface area contributed by atoms with Crippen molar-refractivity contribution in [1.82, 2.24) is 14.7 Å². The topological polar surface area (TPSA) is 74.7 Å². The first-order valence-corrected chi connectivity index (χ1v) is 9.20. The molecule has 1 aromatic carbocycles. The van der Waals surface area contributed by atoms with E-state index < -0.39 is 0 Å². The standard InChI is InChI=1S/C19H28N6O2/c1-15-12-16(4-5-18(15)23(2)3)21-19(26)22-17-13-20-25(14-17)7-6-24-8-10-27-11-9-24/h4-5,12-14H,6-11H2,1-3H3,(H2,21,22,26). The molecule has 1 fully saturated rings. The maximum Gasteiger partial charge on any atom is 0.323 e. The normalized spacial score (nSPS) is 14.8. The van der Waals surface area contributed by atoms with E-state index in [2.05, 4.69) is 20.6 Å². The fourth-order valence-electron chi connectivity index (χ4n) is 3.15. The molecule has 2 heterocycles. The zero-order valence-corrected chi connectivity index (χ0v) is 16.2. The Morgan fingerprint density at radius 1 is 1.19 bits per heavy atom. The summed E-state index contributed by atoms with van der Waals surface area (Å²) in [6.07, 6.45) is 3.51. The quantitative estimate of drug-likeness (QED) is 0.813. The van der Waals surface area contributed by atoms with Crippen LogP contribution in [0.5, 0.6) is 0 Å². The summed E-state index contributed by atoms with van der Waals surface area (Å²) in [5, 5.41) is 10.0. The molecule has 0 saturated carbocycles. The van der Waals surface area contributed by atoms with Crippen molar-refractivity contribution >= 4 is 23.1 Å². The Labute approximate surface area is 160 Å². The summed E-state index contributed by atoms with van der Waals surface area (Å²) in [5.74, 6) is 0. The van der Waals surface area contributed by atoms with Gasteiger partial charge in [-0.25, -0.2) is 4.79 Å². The highest BCUT2D eigenvalue weighted by Crippen LogP contribution is 2.21. The van der Waals surface area contributed by atoms with Gasteiger partial charge in [-0.15, -0.1) is 0 Å². The Morgan fingerprint density at radius 3 is 2.63 bits per heavy atom. The van der Waals surface area contributed by atoms with E-state index in [0.717, 1.165) is 56.3 Å². The number of carbonyl (C=O) groups excluding carboxylic acids is 1. The van der Waals surface area contributed by atoms with Crippen molar-refractivity contribution in [3.63, 3.8) is 0 Å². The van der Waals surface area contributed by atoms with E-state index in [1.165, 1.54) is 0 Å². The molecule has 0 aliphatic carbocycles. The number of nitrogens with one attached hydrogen (secondary N) is 2. The molecule has 0 atom stereocenters. The first-order chi connectivity index (χ1) is 13.0. The fraction of sp³-hybridized carbons (Fsp3) is 0.474. The number of rotatable bonds is 6. The third-order valence-electron chi connectivity index (χ3n) is 4.58. The number of hydrogen-bond acceptors (Lipinski definition) is 5. The second kappa shape index (κ2) is 8.88. The van der Waals surface area contributed by atoms with Gasteiger partial charge in [-0.3, -0.25) is 9.58 Å². The van der Waals surface area contributed by atoms with Crippen molar-refractivity contribution in [2.45, 2.75) is 13.5 Å². The Kier molecular flexibility index (Phi) is 6.31. The largest absolute Gasteiger partial charge is 0.379 e. The molecule has 1 aromatic heterocycles. The first-order valence-electron chi connectivity index (χ1n) is 9.20. The summed E-state index contributed by atoms with van der Waals surface area (Å²) in [7, 11) is 4.00. The summed E-state index contributed by atoms with van der Waals surface area (Å²) in [6.45, 7) is 7.24. The number of carbonyl (C=O) groups is 1. The van der Waals surface area contributed by atoms with Crippen LogP contribution in [0.4, 0.5) is 21.9 Å². The monoisotopic (exact) mass is 372 g/mol. The molecule has 0 bridgehead atoms. The van der Waals surface area contributed by atoms with Crippen LogP contribution in [0.2, 0.25) is 0 Å². The maximum atomic E-state index is 12.2. The summed E-state index contributed by atoms with van der Waals surface area (Å²) >= 11 is 0. The van der Waals surface area contributed by atoms with Gasteiger partial charge in [0.2, 0.25) is 0 Å². The number of nitrogens with zero attached hydrogens (tertiary/aromatic N) is 4. The molecule has 8 nitrogen and oxygen atoms in total. The first kappa shape index (κ1) is 19.2. The second-order valence-corrected chi connectivity index (χ2v) is 6.92. The molecule has 0 unspecified atom stereocenters. The molecule has 1 saturated heterocycles. The van der Waals surface area contributed by atoms with Crippen molar-refractivity contribution in [2.75, 3.05) is 62.5 Å². The Morgan fingerprint density at radius 2 is 1.93 bits per heavy atom. The maximum absolute atomic E-state index is 12.2. The summed E-state index contributed by atoms with van der Waals surface area (Å²) < 4.78 is 7.20. The SMILES string of the molecule is Cc1cc(NC(=O)Nc2cnn(CCN3CCOCC3)c2)ccc1N(C)C. The number of aromatic nitrogens is 2. The van der Waals surface area contributed by atoms with Gasteiger partial charge in [0.15, 0.2) is 0 Å². The molecular weight excluding hydrogens is 344 g/mol. The van der Waals surface area contributed by atoms with Gasteiger partial charge in [-0.2, -0.15) is 5.10 Å². The molecule has 8 heteroatoms. The lowest BCUT2D eigenvalue weighted by Gasteiger charge is -2.26. The number of amides is 2. The zero-order valence-electron chi connectivity index (χ0n) is 16.2. The molecule has 1 aliphatic rings. The third kappa shape index (κ3) is 5.45. The van der Waals surface area contributed by atoms with Crippen LogP contribution in [0, 0.1) is 6.92 Å². The number of aryl methyl sites for hydroxylation is 1. The van der Waals surface area contributed by atoms with Crippen molar-refractivity contribution in [2.24, 2.45) is 0 Å². The van der Waals surface area contributed by atoms with Gasteiger partial charge in [0.1, 0.15) is 0 Å². The van der Waals surface area contributed by atoms with Crippen LogP contribution in [0.25, 0.3) is 0 Å². The minimum absolute atomic E-state index is 0.278. The van der Waals surface area contributed by atoms with Gasteiger partial charge in [-0.05, 0) is 30.7 Å². The van der Waals surface area contributed by atoms with E-state index in [1.807, 2.05) is 55.0 Å². The van der Waals surface area contributed by atoms with Crippen LogP contribution < -0.4 is 15.5 Å². The lowest BCUT2D eigenvalue weighted by Crippen LogP contribution is -2.38. The lowest BCUT2D eigenvalue weighted by atomic mass is 10.1. The predicted octanol–water partition coefficient (Wildman–Crippen LogP) is 2.23. The zero-order chi connectivity index (χ0) is 19.2. The molecule has 3 rings (SSSR count). The van der Waals surface area contributed by atoms with E-state index in [1.54, 1.807) is 6.20 Å². The van der Waals surface area contributed by atoms with Crippen molar-refractivity contribution in [1.29, 1.82) is 0 Å². The Hall–Kier alpha value is -2.58. The lowest BCUT2D eigenvalue weighted by molar-refractivity contribution is 0.0360. The average Bonchev–Trinajstić information content (AvgIpc) is 3.08. The number of benzene rings is 1. The van der Waals surface area contributed by atoms with Crippen molar-refractivity contribution in [3.8, 4) is 0 Å². The van der Waals surface area contributed by atoms with E-state index in [0.29, 0.717) is 5.69 Å². The molecule has 2 aromatic rings. The van der Waals surface area contributed by atoms with E-state index in [-0.39, 0.29) is 6.03 Å². The van der Waals surface area contributed by atoms with Gasteiger partial charge < -0.3 is 20.3 Å². The summed E-state index contributed by atoms with van der Waals surface area (Å²) in [6, 6.07) is 5.57. The van der Waals surface area contributed by atoms with Crippen molar-refractivity contribution < 1.29 is 9.53 Å². The van der Waals surface area contributed by atoms with Crippen LogP contribution in [-0.4, -0.2) is 67.7 Å². The Balaban J connectivity index is 1.49. The molecule has 146 valence electrons. The highest BCUT2D eigenvalue weighted by atomic mass is 16.5. The minimum Gasteiger partial charge on any atom is -0.379 e. The van der Waals surface area contributed by atoms with Gasteiger partial charge in [0, 0.05) is 51.3 Å². The van der Waals surface area contributed by atoms with Gasteiger partial charge in [0.25, 0.3) is 0 Å². The number of anilines is 3. The fourth-order valence-corrected chi connectivity index (χ4v) is 3.15. The van der Waals surface area contributed by atoms with E-state index in [4.69, 9.17) is 4.74 Å². The average molecular weight is 372 g/mol. The van der Waals surface area contributed by atoms with Gasteiger partial charge >= 0.3 is 6.03 Å². The van der Waals surface area contributed by atoms with Crippen LogP contribution in [0.15, 0.2) is 30.6 Å². The van der Waals surface area contributed by atoms with Crippen LogP contribution in [-0.2, 0) is 11.3 Å². The molecule has 0 radical (unpaired) electrons. The number of urea groups is 1. The number of ether oxygens (including phenoxy) is 1. The van der Waals surface area contributed by atoms with Crippen LogP contribution in [0.1, 0.15) is 5.56 Å². The van der Waals surface area contributed by atoms with Crippen LogP contribution >= 0.6 is 0 Å². The molecule has 2 N–H and O–H groups in total. The summed E-state index contributed by atoms with van der Waals surface area (Å²) in [5.41, 5.74) is 3.67. The van der Waals surface area contributed by atoms with Gasteiger partial charge in [-0.1, -0.05) is 0 Å². The van der Waals surface area contributed by atoms with Gasteiger partial charge in [0.05, 0.1) is 31.6 Å². The number of morpholine rings is 1. The molecule has 2 amide bonds. The smallest absolute Gasteiger partial charge is 0.323 e. The van der Waals surface area contributed by atoms with E-state index >= 15 is 0 Å². The van der Waals surface area contributed by atoms with Crippen LogP contribution in [0.3, 0.4) is 0 Å². The minimum atomic E-state index is -0.278. The molecule has 27 heavy (non-hydrogen) atoms. The molecule has 0 spiro atoms. The number of hydrogen-bond donors (Lipinski definition) is 2. The highest BCUT2D eigenvalue weighted by Gasteiger charge is 2.11. The molecule has 1 aliphatic heterocycles. The van der Waals surface area contributed by atoms with Crippen molar-refractivity contribution in [3.05, 3.63) is 36.2 Å². The highest BCUT2D eigenvalue weighted by molar-refractivity contribution is 5.99. The Bertz CT molecular complexity index is 767. The third-order valence-corrected chi connectivity index (χ3v) is 4.58. The van der Waals surface area contributed by atoms with E-state index in [9.17, 15) is 4.79 Å². The molecular formula is C19H28N6O2. The summed E-state index contributed by atoms with van der Waals surface area (Å²) in [4.78, 5) is 16.6. The predicted molar refractivity (Wildman–Crippen MR) is 108 cm³/mol.